The number of carbonyl (C=O) groups is 2. The molecule has 36 heavy (non-hydrogen) atoms. The topological polar surface area (TPSA) is 67.7 Å². The number of rotatable bonds is 4. The molecule has 3 aromatic rings. The van der Waals surface area contributed by atoms with Crippen molar-refractivity contribution in [1.29, 1.82) is 0 Å². The van der Waals surface area contributed by atoms with Crippen molar-refractivity contribution in [2.24, 2.45) is 0 Å². The number of amides is 2. The van der Waals surface area contributed by atoms with Gasteiger partial charge < -0.3 is 9.64 Å². The van der Waals surface area contributed by atoms with Crippen molar-refractivity contribution in [3.8, 4) is 5.69 Å². The second-order valence-electron chi connectivity index (χ2n) is 10.2. The lowest BCUT2D eigenvalue weighted by molar-refractivity contribution is -0.134. The van der Waals surface area contributed by atoms with Crippen molar-refractivity contribution < 1.29 is 14.3 Å². The first kappa shape index (κ1) is 25.0. The van der Waals surface area contributed by atoms with Crippen LogP contribution in [0.3, 0.4) is 0 Å². The molecule has 4 heterocycles. The van der Waals surface area contributed by atoms with Crippen LogP contribution in [0.25, 0.3) is 5.69 Å². The first-order valence-corrected chi connectivity index (χ1v) is 14.2. The smallest absolute Gasteiger partial charge is 0.242 e. The molecule has 0 N–H and O–H groups in total. The highest BCUT2D eigenvalue weighted by molar-refractivity contribution is 8.00. The number of carbonyl (C=O) groups excluding carboxylic acids is 2. The van der Waals surface area contributed by atoms with E-state index in [-0.39, 0.29) is 29.0 Å². The van der Waals surface area contributed by atoms with Crippen LogP contribution >= 0.6 is 23.1 Å². The number of thiophene rings is 1. The molecule has 190 valence electrons. The summed E-state index contributed by atoms with van der Waals surface area (Å²) in [6, 6.07) is 12.2. The van der Waals surface area contributed by atoms with Crippen LogP contribution in [-0.4, -0.2) is 65.1 Å². The summed E-state index contributed by atoms with van der Waals surface area (Å²) in [6.45, 7) is 10.7. The molecule has 0 spiro atoms. The van der Waals surface area contributed by atoms with E-state index in [2.05, 4.69) is 38.3 Å². The Hall–Kier alpha value is -2.62. The van der Waals surface area contributed by atoms with E-state index in [1.165, 1.54) is 4.88 Å². The van der Waals surface area contributed by atoms with E-state index < -0.39 is 0 Å². The second kappa shape index (κ2) is 10.0. The molecule has 9 heteroatoms. The van der Waals surface area contributed by atoms with Crippen LogP contribution in [0.1, 0.15) is 47.7 Å². The zero-order valence-electron chi connectivity index (χ0n) is 21.2. The van der Waals surface area contributed by atoms with Gasteiger partial charge in [0.25, 0.3) is 0 Å². The van der Waals surface area contributed by atoms with Gasteiger partial charge in [0, 0.05) is 28.9 Å². The SMILES string of the molecule is Cc1ccccc1-n1nc(C(C)(C)C)c2c1N(CC(=O)N1CCOCC1)C(=O)CSC2c1cccs1. The highest BCUT2D eigenvalue weighted by Crippen LogP contribution is 2.49. The average molecular weight is 525 g/mol. The monoisotopic (exact) mass is 524 g/mol. The van der Waals surface area contributed by atoms with E-state index in [1.807, 2.05) is 35.9 Å². The van der Waals surface area contributed by atoms with E-state index in [0.717, 1.165) is 22.5 Å². The molecular formula is C27H32N4O3S2. The normalized spacial score (nSPS) is 18.8. The molecule has 1 unspecified atom stereocenters. The van der Waals surface area contributed by atoms with Crippen molar-refractivity contribution in [1.82, 2.24) is 14.7 Å². The summed E-state index contributed by atoms with van der Waals surface area (Å²) in [5.74, 6) is 0.874. The summed E-state index contributed by atoms with van der Waals surface area (Å²) >= 11 is 3.32. The Kier molecular flexibility index (Phi) is 6.98. The van der Waals surface area contributed by atoms with E-state index in [9.17, 15) is 9.59 Å². The van der Waals surface area contributed by atoms with Gasteiger partial charge in [-0.1, -0.05) is 45.0 Å². The Morgan fingerprint density at radius 1 is 1.14 bits per heavy atom. The Morgan fingerprint density at radius 2 is 1.89 bits per heavy atom. The molecule has 7 nitrogen and oxygen atoms in total. The van der Waals surface area contributed by atoms with E-state index in [1.54, 1.807) is 32.9 Å². The van der Waals surface area contributed by atoms with Gasteiger partial charge in [-0.25, -0.2) is 4.68 Å². The van der Waals surface area contributed by atoms with Gasteiger partial charge in [-0.15, -0.1) is 23.1 Å². The Balaban J connectivity index is 1.73. The van der Waals surface area contributed by atoms with Gasteiger partial charge in [-0.05, 0) is 30.0 Å². The Morgan fingerprint density at radius 3 is 2.56 bits per heavy atom. The van der Waals surface area contributed by atoms with Gasteiger partial charge in [-0.3, -0.25) is 14.5 Å². The minimum Gasteiger partial charge on any atom is -0.378 e. The second-order valence-corrected chi connectivity index (χ2v) is 12.3. The van der Waals surface area contributed by atoms with Crippen molar-refractivity contribution in [3.05, 3.63) is 63.5 Å². The molecule has 1 saturated heterocycles. The molecule has 0 radical (unpaired) electrons. The summed E-state index contributed by atoms with van der Waals surface area (Å²) in [5.41, 5.74) is 3.68. The van der Waals surface area contributed by atoms with Gasteiger partial charge in [0.05, 0.1) is 35.6 Å². The van der Waals surface area contributed by atoms with Crippen LogP contribution in [0.2, 0.25) is 0 Å². The maximum atomic E-state index is 13.7. The maximum Gasteiger partial charge on any atom is 0.242 e. The summed E-state index contributed by atoms with van der Waals surface area (Å²) in [7, 11) is 0. The number of ether oxygens (including phenoxy) is 1. The average Bonchev–Trinajstić information content (AvgIpc) is 3.50. The number of aryl methyl sites for hydroxylation is 1. The highest BCUT2D eigenvalue weighted by Gasteiger charge is 2.40. The Labute approximate surface area is 220 Å². The molecule has 2 aliphatic heterocycles. The third-order valence-corrected chi connectivity index (χ3v) is 8.92. The number of fused-ring (bicyclic) bond motifs is 1. The number of hydrogen-bond acceptors (Lipinski definition) is 6. The van der Waals surface area contributed by atoms with Gasteiger partial charge in [-0.2, -0.15) is 5.10 Å². The third kappa shape index (κ3) is 4.71. The van der Waals surface area contributed by atoms with Crippen LogP contribution in [0.15, 0.2) is 41.8 Å². The highest BCUT2D eigenvalue weighted by atomic mass is 32.2. The largest absolute Gasteiger partial charge is 0.378 e. The zero-order chi connectivity index (χ0) is 25.4. The molecule has 5 rings (SSSR count). The number of para-hydroxylation sites is 1. The predicted molar refractivity (Wildman–Crippen MR) is 145 cm³/mol. The van der Waals surface area contributed by atoms with Crippen molar-refractivity contribution >= 4 is 40.7 Å². The van der Waals surface area contributed by atoms with Crippen LogP contribution in [0.5, 0.6) is 0 Å². The molecular weight excluding hydrogens is 492 g/mol. The fourth-order valence-corrected chi connectivity index (χ4v) is 6.93. The molecule has 1 atom stereocenters. The summed E-state index contributed by atoms with van der Waals surface area (Å²) in [4.78, 5) is 31.8. The van der Waals surface area contributed by atoms with Crippen molar-refractivity contribution in [2.45, 2.75) is 38.4 Å². The number of aromatic nitrogens is 2. The molecule has 1 aromatic carbocycles. The molecule has 0 bridgehead atoms. The summed E-state index contributed by atoms with van der Waals surface area (Å²) in [5, 5.41) is 7.20. The molecule has 2 aromatic heterocycles. The minimum absolute atomic E-state index is 0.00922. The van der Waals surface area contributed by atoms with Crippen LogP contribution in [0.4, 0.5) is 5.82 Å². The quantitative estimate of drug-likeness (QED) is 0.500. The third-order valence-electron chi connectivity index (χ3n) is 6.60. The minimum atomic E-state index is -0.263. The number of morpholine rings is 1. The van der Waals surface area contributed by atoms with E-state index in [0.29, 0.717) is 37.9 Å². The van der Waals surface area contributed by atoms with E-state index in [4.69, 9.17) is 9.84 Å². The maximum absolute atomic E-state index is 13.7. The van der Waals surface area contributed by atoms with Crippen molar-refractivity contribution in [2.75, 3.05) is 43.5 Å². The van der Waals surface area contributed by atoms with Gasteiger partial charge >= 0.3 is 0 Å². The lowest BCUT2D eigenvalue weighted by Crippen LogP contribution is -2.48. The van der Waals surface area contributed by atoms with Crippen LogP contribution in [-0.2, 0) is 19.7 Å². The standard InChI is InChI=1S/C27H32N4O3S2/c1-18-8-5-6-9-19(18)31-26-23(25(28-31)27(2,3)4)24(20-10-7-15-35-20)36-17-22(33)30(26)16-21(32)29-11-13-34-14-12-29/h5-10,15,24H,11-14,16-17H2,1-4H3. The lowest BCUT2D eigenvalue weighted by Gasteiger charge is -2.30. The van der Waals surface area contributed by atoms with Gasteiger partial charge in [0.1, 0.15) is 12.4 Å². The Bertz CT molecular complexity index is 1260. The number of anilines is 1. The number of hydrogen-bond donors (Lipinski definition) is 0. The number of thioether (sulfide) groups is 1. The molecule has 0 saturated carbocycles. The molecule has 1 fully saturated rings. The van der Waals surface area contributed by atoms with Crippen LogP contribution in [0, 0.1) is 6.92 Å². The van der Waals surface area contributed by atoms with E-state index >= 15 is 0 Å². The lowest BCUT2D eigenvalue weighted by atomic mass is 9.88. The van der Waals surface area contributed by atoms with Gasteiger partial charge in [0.15, 0.2) is 0 Å². The zero-order valence-corrected chi connectivity index (χ0v) is 22.8. The number of benzene rings is 1. The first-order valence-electron chi connectivity index (χ1n) is 12.3. The molecule has 2 amide bonds. The fourth-order valence-electron chi connectivity index (χ4n) is 4.76. The fraction of sp³-hybridized carbons (Fsp3) is 0.444. The molecule has 2 aliphatic rings. The van der Waals surface area contributed by atoms with Gasteiger partial charge in [0.2, 0.25) is 11.8 Å². The van der Waals surface area contributed by atoms with Crippen molar-refractivity contribution in [3.63, 3.8) is 0 Å². The predicted octanol–water partition coefficient (Wildman–Crippen LogP) is 4.57. The molecule has 0 aliphatic carbocycles. The summed E-state index contributed by atoms with van der Waals surface area (Å²) < 4.78 is 7.34. The first-order chi connectivity index (χ1) is 17.3. The van der Waals surface area contributed by atoms with Crippen LogP contribution < -0.4 is 4.90 Å². The summed E-state index contributed by atoms with van der Waals surface area (Å²) in [6.07, 6.45) is 0. The number of nitrogens with zero attached hydrogens (tertiary/aromatic N) is 4.